The highest BCUT2D eigenvalue weighted by atomic mass is 32.2. The predicted molar refractivity (Wildman–Crippen MR) is 96.9 cm³/mol. The molecule has 0 atom stereocenters. The Morgan fingerprint density at radius 1 is 1.21 bits per heavy atom. The second-order valence-electron chi connectivity index (χ2n) is 4.96. The summed E-state index contributed by atoms with van der Waals surface area (Å²) >= 11 is 2.60. The third-order valence-corrected chi connectivity index (χ3v) is 4.80. The van der Waals surface area contributed by atoms with E-state index in [-0.39, 0.29) is 11.7 Å². The number of thioether (sulfide) groups is 1. The maximum Gasteiger partial charge on any atom is 0.321 e. The lowest BCUT2D eigenvalue weighted by molar-refractivity contribution is -0.117. The topological polar surface area (TPSA) is 96.0 Å². The summed E-state index contributed by atoms with van der Waals surface area (Å²) < 4.78 is 0.661. The van der Waals surface area contributed by atoms with Gasteiger partial charge in [0.1, 0.15) is 0 Å². The molecular formula is C15H19N5O2S2. The number of carbonyl (C=O) groups excluding carboxylic acids is 2. The normalized spacial score (nSPS) is 10.2. The maximum absolute atomic E-state index is 11.7. The Balaban J connectivity index is 1.78. The first-order chi connectivity index (χ1) is 11.6. The summed E-state index contributed by atoms with van der Waals surface area (Å²) in [6, 6.07) is 7.47. The highest BCUT2D eigenvalue weighted by molar-refractivity contribution is 8.01. The van der Waals surface area contributed by atoms with Crippen LogP contribution in [0.25, 0.3) is 0 Å². The molecule has 2 aromatic rings. The molecule has 128 valence electrons. The Morgan fingerprint density at radius 2 is 1.96 bits per heavy atom. The lowest BCUT2D eigenvalue weighted by atomic mass is 10.2. The molecular weight excluding hydrogens is 346 g/mol. The van der Waals surface area contributed by atoms with Gasteiger partial charge in [-0.2, -0.15) is 0 Å². The molecule has 0 radical (unpaired) electrons. The van der Waals surface area contributed by atoms with Crippen LogP contribution in [-0.4, -0.2) is 34.4 Å². The highest BCUT2D eigenvalue weighted by Gasteiger charge is 2.10. The zero-order valence-electron chi connectivity index (χ0n) is 13.5. The van der Waals surface area contributed by atoms with Gasteiger partial charge >= 0.3 is 6.03 Å². The van der Waals surface area contributed by atoms with Crippen LogP contribution in [0, 0.1) is 6.92 Å². The van der Waals surface area contributed by atoms with E-state index >= 15 is 0 Å². The van der Waals surface area contributed by atoms with Gasteiger partial charge in [0.15, 0.2) is 4.34 Å². The molecule has 7 nitrogen and oxygen atoms in total. The number of aryl methyl sites for hydroxylation is 1. The summed E-state index contributed by atoms with van der Waals surface area (Å²) in [6.07, 6.45) is 0.817. The van der Waals surface area contributed by atoms with Crippen molar-refractivity contribution in [3.05, 3.63) is 29.8 Å². The van der Waals surface area contributed by atoms with Gasteiger partial charge in [0.05, 0.1) is 5.75 Å². The van der Waals surface area contributed by atoms with E-state index in [0.717, 1.165) is 12.1 Å². The van der Waals surface area contributed by atoms with E-state index in [1.165, 1.54) is 28.7 Å². The fourth-order valence-electron chi connectivity index (χ4n) is 1.65. The fraction of sp³-hybridized carbons (Fsp3) is 0.333. The fourth-order valence-corrected chi connectivity index (χ4v) is 3.22. The number of urea groups is 1. The van der Waals surface area contributed by atoms with Crippen LogP contribution in [0.3, 0.4) is 0 Å². The minimum absolute atomic E-state index is 0.110. The molecule has 3 amide bonds. The zero-order chi connectivity index (χ0) is 17.4. The first kappa shape index (κ1) is 18.2. The van der Waals surface area contributed by atoms with Gasteiger partial charge in [-0.1, -0.05) is 47.7 Å². The third kappa shape index (κ3) is 6.17. The molecule has 0 fully saturated rings. The van der Waals surface area contributed by atoms with E-state index in [9.17, 15) is 9.59 Å². The number of aromatic nitrogens is 2. The summed E-state index contributed by atoms with van der Waals surface area (Å²) in [5.74, 6) is -0.254. The summed E-state index contributed by atoms with van der Waals surface area (Å²) in [6.45, 7) is 4.50. The number of hydrogen-bond donors (Lipinski definition) is 3. The highest BCUT2D eigenvalue weighted by Crippen LogP contribution is 2.27. The number of rotatable bonds is 7. The molecule has 0 unspecified atom stereocenters. The average molecular weight is 365 g/mol. The lowest BCUT2D eigenvalue weighted by Gasteiger charge is -2.04. The van der Waals surface area contributed by atoms with Crippen LogP contribution in [0.2, 0.25) is 0 Å². The first-order valence-corrected chi connectivity index (χ1v) is 9.24. The summed E-state index contributed by atoms with van der Waals surface area (Å²) in [5.41, 5.74) is 2.11. The molecule has 24 heavy (non-hydrogen) atoms. The van der Waals surface area contributed by atoms with E-state index in [2.05, 4.69) is 26.1 Å². The summed E-state index contributed by atoms with van der Waals surface area (Å²) in [5, 5.41) is 16.7. The predicted octanol–water partition coefficient (Wildman–Crippen LogP) is 2.92. The number of imide groups is 1. The van der Waals surface area contributed by atoms with Crippen LogP contribution >= 0.6 is 23.1 Å². The second-order valence-corrected chi connectivity index (χ2v) is 7.16. The number of nitrogens with one attached hydrogen (secondary N) is 3. The van der Waals surface area contributed by atoms with Crippen LogP contribution in [0.1, 0.15) is 18.9 Å². The molecule has 3 N–H and O–H groups in total. The van der Waals surface area contributed by atoms with Crippen molar-refractivity contribution < 1.29 is 9.59 Å². The van der Waals surface area contributed by atoms with Gasteiger partial charge in [-0.15, -0.1) is 10.2 Å². The third-order valence-electron chi connectivity index (χ3n) is 2.82. The monoisotopic (exact) mass is 365 g/mol. The van der Waals surface area contributed by atoms with E-state index < -0.39 is 6.03 Å². The molecule has 0 saturated carbocycles. The number of carbonyl (C=O) groups is 2. The Kier molecular flexibility index (Phi) is 7.01. The molecule has 1 aromatic carbocycles. The molecule has 9 heteroatoms. The molecule has 0 aliphatic heterocycles. The molecule has 0 spiro atoms. The number of hydrogen-bond acceptors (Lipinski definition) is 7. The zero-order valence-corrected chi connectivity index (χ0v) is 15.1. The summed E-state index contributed by atoms with van der Waals surface area (Å²) in [4.78, 5) is 23.0. The molecule has 2 rings (SSSR count). The van der Waals surface area contributed by atoms with Crippen molar-refractivity contribution in [3.8, 4) is 0 Å². The molecule has 0 saturated heterocycles. The van der Waals surface area contributed by atoms with E-state index in [1.807, 2.05) is 38.1 Å². The Bertz CT molecular complexity index is 687. The van der Waals surface area contributed by atoms with Crippen molar-refractivity contribution in [1.82, 2.24) is 20.8 Å². The van der Waals surface area contributed by atoms with Gasteiger partial charge in [-0.05, 0) is 25.5 Å². The number of amides is 3. The largest absolute Gasteiger partial charge is 0.338 e. The molecule has 1 heterocycles. The summed E-state index contributed by atoms with van der Waals surface area (Å²) in [7, 11) is 0. The van der Waals surface area contributed by atoms with Crippen molar-refractivity contribution in [2.24, 2.45) is 0 Å². The van der Waals surface area contributed by atoms with Crippen LogP contribution < -0.4 is 16.0 Å². The Morgan fingerprint density at radius 3 is 2.67 bits per heavy atom. The van der Waals surface area contributed by atoms with Gasteiger partial charge < -0.3 is 10.6 Å². The number of benzene rings is 1. The van der Waals surface area contributed by atoms with E-state index in [4.69, 9.17) is 0 Å². The van der Waals surface area contributed by atoms with Crippen LogP contribution in [-0.2, 0) is 4.79 Å². The van der Waals surface area contributed by atoms with Crippen molar-refractivity contribution in [2.75, 3.05) is 17.6 Å². The van der Waals surface area contributed by atoms with Gasteiger partial charge in [0.2, 0.25) is 11.0 Å². The van der Waals surface area contributed by atoms with Gasteiger partial charge in [-0.3, -0.25) is 10.1 Å². The van der Waals surface area contributed by atoms with Gasteiger partial charge in [0, 0.05) is 12.2 Å². The minimum Gasteiger partial charge on any atom is -0.338 e. The van der Waals surface area contributed by atoms with Crippen molar-refractivity contribution in [3.63, 3.8) is 0 Å². The maximum atomic E-state index is 11.7. The number of nitrogens with zero attached hydrogens (tertiary/aromatic N) is 2. The minimum atomic E-state index is -0.471. The molecule has 1 aromatic heterocycles. The Labute approximate surface area is 148 Å². The van der Waals surface area contributed by atoms with Crippen LogP contribution in [0.15, 0.2) is 28.6 Å². The quantitative estimate of drug-likeness (QED) is 0.653. The van der Waals surface area contributed by atoms with Crippen LogP contribution in [0.4, 0.5) is 15.6 Å². The lowest BCUT2D eigenvalue weighted by Crippen LogP contribution is -2.40. The van der Waals surface area contributed by atoms with Crippen molar-refractivity contribution in [2.45, 2.75) is 24.6 Å². The SMILES string of the molecule is CCCNC(=O)NC(=O)CSc1nnc(Nc2ccc(C)cc2)s1. The van der Waals surface area contributed by atoms with Crippen molar-refractivity contribution in [1.29, 1.82) is 0 Å². The van der Waals surface area contributed by atoms with Gasteiger partial charge in [-0.25, -0.2) is 4.79 Å². The molecule has 0 bridgehead atoms. The average Bonchev–Trinajstić information content (AvgIpc) is 3.01. The van der Waals surface area contributed by atoms with E-state index in [0.29, 0.717) is 16.0 Å². The van der Waals surface area contributed by atoms with Gasteiger partial charge in [0.25, 0.3) is 0 Å². The Hall–Kier alpha value is -2.13. The smallest absolute Gasteiger partial charge is 0.321 e. The standard InChI is InChI=1S/C15H19N5O2S2/c1-3-8-16-13(22)18-12(21)9-23-15-20-19-14(24-15)17-11-6-4-10(2)5-7-11/h4-7H,3,8-9H2,1-2H3,(H,17,19)(H2,16,18,21,22). The van der Waals surface area contributed by atoms with Crippen molar-refractivity contribution >= 4 is 45.9 Å². The molecule has 0 aliphatic rings. The number of anilines is 2. The van der Waals surface area contributed by atoms with Crippen LogP contribution in [0.5, 0.6) is 0 Å². The first-order valence-electron chi connectivity index (χ1n) is 7.44. The second kappa shape index (κ2) is 9.24. The molecule has 0 aliphatic carbocycles. The van der Waals surface area contributed by atoms with E-state index in [1.54, 1.807) is 0 Å².